The van der Waals surface area contributed by atoms with Crippen molar-refractivity contribution < 1.29 is 4.74 Å². The van der Waals surface area contributed by atoms with E-state index >= 15 is 0 Å². The number of aliphatic imine (C=N–C) groups is 1. The predicted molar refractivity (Wildman–Crippen MR) is 79.7 cm³/mol. The Labute approximate surface area is 120 Å². The second-order valence-electron chi connectivity index (χ2n) is 5.74. The van der Waals surface area contributed by atoms with Gasteiger partial charge in [-0.25, -0.2) is 4.99 Å². The number of hydrogen-bond acceptors (Lipinski definition) is 2. The standard InChI is InChI=1S/C15H24N4O/c1-3-16-15(17-9-11-6-7-19(2)10-11)18-13-8-12-4-5-14(13)20-12/h6-7,10,12-14H,3-5,8-9H2,1-2H3,(H2,16,17,18). The van der Waals surface area contributed by atoms with Gasteiger partial charge in [-0.05, 0) is 37.8 Å². The number of ether oxygens (including phenoxy) is 1. The summed E-state index contributed by atoms with van der Waals surface area (Å²) in [5.41, 5.74) is 1.23. The van der Waals surface area contributed by atoms with Crippen molar-refractivity contribution in [2.75, 3.05) is 6.54 Å². The van der Waals surface area contributed by atoms with Crippen molar-refractivity contribution in [3.8, 4) is 0 Å². The summed E-state index contributed by atoms with van der Waals surface area (Å²) in [6, 6.07) is 2.52. The first-order valence-corrected chi connectivity index (χ1v) is 7.55. The molecule has 1 aromatic heterocycles. The number of aromatic nitrogens is 1. The Kier molecular flexibility index (Phi) is 3.96. The summed E-state index contributed by atoms with van der Waals surface area (Å²) in [6.07, 6.45) is 8.51. The number of hydrogen-bond donors (Lipinski definition) is 2. The summed E-state index contributed by atoms with van der Waals surface area (Å²) in [7, 11) is 2.03. The van der Waals surface area contributed by atoms with Gasteiger partial charge in [-0.3, -0.25) is 0 Å². The van der Waals surface area contributed by atoms with Crippen molar-refractivity contribution in [2.45, 2.75) is 51.0 Å². The zero-order chi connectivity index (χ0) is 13.9. The normalized spacial score (nSPS) is 28.9. The lowest BCUT2D eigenvalue weighted by atomic mass is 9.96. The number of rotatable bonds is 4. The summed E-state index contributed by atoms with van der Waals surface area (Å²) < 4.78 is 7.93. The van der Waals surface area contributed by atoms with E-state index in [0.717, 1.165) is 18.9 Å². The van der Waals surface area contributed by atoms with E-state index in [-0.39, 0.29) is 0 Å². The average molecular weight is 276 g/mol. The summed E-state index contributed by atoms with van der Waals surface area (Å²) in [4.78, 5) is 4.67. The predicted octanol–water partition coefficient (Wildman–Crippen LogP) is 1.40. The van der Waals surface area contributed by atoms with Gasteiger partial charge in [-0.2, -0.15) is 0 Å². The highest BCUT2D eigenvalue weighted by Crippen LogP contribution is 2.34. The SMILES string of the molecule is CCNC(=NCc1ccn(C)c1)NC1CC2CCC1O2. The molecule has 3 atom stereocenters. The van der Waals surface area contributed by atoms with E-state index in [2.05, 4.69) is 45.6 Å². The van der Waals surface area contributed by atoms with Crippen LogP contribution in [0, 0.1) is 0 Å². The summed E-state index contributed by atoms with van der Waals surface area (Å²) in [5, 5.41) is 6.85. The zero-order valence-corrected chi connectivity index (χ0v) is 12.3. The van der Waals surface area contributed by atoms with Crippen LogP contribution >= 0.6 is 0 Å². The minimum absolute atomic E-state index is 0.376. The zero-order valence-electron chi connectivity index (χ0n) is 12.3. The Bertz CT molecular complexity index is 482. The molecule has 3 unspecified atom stereocenters. The molecule has 0 radical (unpaired) electrons. The van der Waals surface area contributed by atoms with Crippen molar-refractivity contribution >= 4 is 5.96 Å². The van der Waals surface area contributed by atoms with Crippen molar-refractivity contribution in [2.24, 2.45) is 12.0 Å². The fourth-order valence-corrected chi connectivity index (χ4v) is 3.11. The molecule has 0 aromatic carbocycles. The molecule has 20 heavy (non-hydrogen) atoms. The molecule has 0 saturated carbocycles. The van der Waals surface area contributed by atoms with Crippen LogP contribution in [-0.4, -0.2) is 35.3 Å². The highest BCUT2D eigenvalue weighted by molar-refractivity contribution is 5.80. The number of aryl methyl sites for hydroxylation is 1. The van der Waals surface area contributed by atoms with Crippen LogP contribution in [0.5, 0.6) is 0 Å². The van der Waals surface area contributed by atoms with Crippen LogP contribution in [0.4, 0.5) is 0 Å². The summed E-state index contributed by atoms with van der Waals surface area (Å²) in [5.74, 6) is 0.900. The average Bonchev–Trinajstić information content (AvgIpc) is 3.13. The smallest absolute Gasteiger partial charge is 0.191 e. The van der Waals surface area contributed by atoms with Gasteiger partial charge in [0.05, 0.1) is 24.8 Å². The molecule has 3 rings (SSSR count). The number of fused-ring (bicyclic) bond motifs is 2. The lowest BCUT2D eigenvalue weighted by Crippen LogP contribution is -2.47. The first-order chi connectivity index (χ1) is 9.74. The van der Waals surface area contributed by atoms with Gasteiger partial charge < -0.3 is 19.9 Å². The Morgan fingerprint density at radius 1 is 1.50 bits per heavy atom. The second kappa shape index (κ2) is 5.87. The van der Waals surface area contributed by atoms with E-state index in [9.17, 15) is 0 Å². The Balaban J connectivity index is 1.59. The molecule has 2 aliphatic heterocycles. The largest absolute Gasteiger partial charge is 0.373 e. The maximum Gasteiger partial charge on any atom is 0.191 e. The van der Waals surface area contributed by atoms with Gasteiger partial charge in [0, 0.05) is 26.0 Å². The molecule has 2 fully saturated rings. The molecule has 0 spiro atoms. The van der Waals surface area contributed by atoms with Gasteiger partial charge in [0.25, 0.3) is 0 Å². The van der Waals surface area contributed by atoms with Gasteiger partial charge in [-0.1, -0.05) is 0 Å². The maximum absolute atomic E-state index is 5.88. The minimum atomic E-state index is 0.376. The molecule has 2 aliphatic rings. The molecular weight excluding hydrogens is 252 g/mol. The molecule has 0 aliphatic carbocycles. The van der Waals surface area contributed by atoms with Crippen molar-refractivity contribution in [1.29, 1.82) is 0 Å². The monoisotopic (exact) mass is 276 g/mol. The Morgan fingerprint density at radius 2 is 2.40 bits per heavy atom. The number of nitrogens with zero attached hydrogens (tertiary/aromatic N) is 2. The van der Waals surface area contributed by atoms with Crippen LogP contribution < -0.4 is 10.6 Å². The maximum atomic E-state index is 5.88. The Hall–Kier alpha value is -1.49. The molecule has 0 amide bonds. The fraction of sp³-hybridized carbons (Fsp3) is 0.667. The van der Waals surface area contributed by atoms with Crippen LogP contribution in [0.1, 0.15) is 31.7 Å². The highest BCUT2D eigenvalue weighted by atomic mass is 16.5. The van der Waals surface area contributed by atoms with Crippen molar-refractivity contribution in [3.05, 3.63) is 24.0 Å². The van der Waals surface area contributed by atoms with Crippen LogP contribution in [0.3, 0.4) is 0 Å². The minimum Gasteiger partial charge on any atom is -0.373 e. The van der Waals surface area contributed by atoms with Crippen molar-refractivity contribution in [3.63, 3.8) is 0 Å². The molecule has 2 saturated heterocycles. The van der Waals surface area contributed by atoms with E-state index in [1.165, 1.54) is 18.4 Å². The van der Waals surface area contributed by atoms with E-state index in [1.54, 1.807) is 0 Å². The Morgan fingerprint density at radius 3 is 3.00 bits per heavy atom. The van der Waals surface area contributed by atoms with Gasteiger partial charge in [0.15, 0.2) is 5.96 Å². The summed E-state index contributed by atoms with van der Waals surface area (Å²) in [6.45, 7) is 3.68. The molecular formula is C15H24N4O. The van der Waals surface area contributed by atoms with Gasteiger partial charge in [0.2, 0.25) is 0 Å². The summed E-state index contributed by atoms with van der Waals surface area (Å²) >= 11 is 0. The third-order valence-corrected chi connectivity index (χ3v) is 4.09. The van der Waals surface area contributed by atoms with E-state index in [0.29, 0.717) is 24.8 Å². The molecule has 3 heterocycles. The van der Waals surface area contributed by atoms with E-state index < -0.39 is 0 Å². The van der Waals surface area contributed by atoms with E-state index in [4.69, 9.17) is 4.74 Å². The second-order valence-corrected chi connectivity index (χ2v) is 5.74. The molecule has 5 nitrogen and oxygen atoms in total. The molecule has 2 N–H and O–H groups in total. The molecule has 1 aromatic rings. The topological polar surface area (TPSA) is 50.6 Å². The third-order valence-electron chi connectivity index (χ3n) is 4.09. The first-order valence-electron chi connectivity index (χ1n) is 7.55. The van der Waals surface area contributed by atoms with Gasteiger partial charge in [0.1, 0.15) is 0 Å². The number of guanidine groups is 1. The van der Waals surface area contributed by atoms with E-state index in [1.807, 2.05) is 7.05 Å². The lowest BCUT2D eigenvalue weighted by Gasteiger charge is -2.22. The third kappa shape index (κ3) is 2.98. The van der Waals surface area contributed by atoms with Gasteiger partial charge >= 0.3 is 0 Å². The quantitative estimate of drug-likeness (QED) is 0.645. The van der Waals surface area contributed by atoms with Crippen LogP contribution in [0.25, 0.3) is 0 Å². The first kappa shape index (κ1) is 13.5. The van der Waals surface area contributed by atoms with Gasteiger partial charge in [-0.15, -0.1) is 0 Å². The van der Waals surface area contributed by atoms with Crippen LogP contribution in [-0.2, 0) is 18.3 Å². The molecule has 110 valence electrons. The lowest BCUT2D eigenvalue weighted by molar-refractivity contribution is 0.0992. The fourth-order valence-electron chi connectivity index (χ4n) is 3.11. The molecule has 5 heteroatoms. The van der Waals surface area contributed by atoms with Crippen molar-refractivity contribution in [1.82, 2.24) is 15.2 Å². The van der Waals surface area contributed by atoms with Crippen LogP contribution in [0.15, 0.2) is 23.5 Å². The highest BCUT2D eigenvalue weighted by Gasteiger charge is 2.41. The molecule has 2 bridgehead atoms. The van der Waals surface area contributed by atoms with Crippen LogP contribution in [0.2, 0.25) is 0 Å². The number of nitrogens with one attached hydrogen (secondary N) is 2.